The number of fused-ring (bicyclic) bond motifs is 2. The van der Waals surface area contributed by atoms with Gasteiger partial charge in [0.1, 0.15) is 22.8 Å². The number of aliphatic hydroxyl groups is 1. The Kier molecular flexibility index (Phi) is 7.86. The van der Waals surface area contributed by atoms with Gasteiger partial charge in [0.05, 0.1) is 40.7 Å². The summed E-state index contributed by atoms with van der Waals surface area (Å²) in [5.74, 6) is -0.542. The molecule has 1 N–H and O–H groups in total. The monoisotopic (exact) mass is 596 g/mol. The minimum atomic E-state index is -0.945. The van der Waals surface area contributed by atoms with E-state index in [-0.39, 0.29) is 11.3 Å². The molecule has 5 aromatic rings. The van der Waals surface area contributed by atoms with Gasteiger partial charge in [-0.25, -0.2) is 9.97 Å². The summed E-state index contributed by atoms with van der Waals surface area (Å²) < 4.78 is 14.2. The predicted octanol–water partition coefficient (Wildman–Crippen LogP) is 6.85. The summed E-state index contributed by atoms with van der Waals surface area (Å²) >= 11 is 1.29. The number of anilines is 1. The van der Waals surface area contributed by atoms with Gasteiger partial charge in [-0.1, -0.05) is 49.3 Å². The molecule has 0 bridgehead atoms. The Bertz CT molecular complexity index is 1870. The molecule has 0 radical (unpaired) electrons. The second kappa shape index (κ2) is 11.9. The number of carbonyl (C=O) groups is 2. The lowest BCUT2D eigenvalue weighted by molar-refractivity contribution is -0.132. The SMILES string of the molecule is CCCCCOc1cccc(C2C(=C(O)c3c(C)nc4ccccn34)C(=O)C(=O)N2c2nc3ccc(OCC)cc3s2)c1. The van der Waals surface area contributed by atoms with E-state index in [0.717, 1.165) is 24.0 Å². The van der Waals surface area contributed by atoms with Crippen molar-refractivity contribution >= 4 is 49.8 Å². The molecule has 3 aromatic heterocycles. The third-order valence-electron chi connectivity index (χ3n) is 7.43. The quantitative estimate of drug-likeness (QED) is 0.0814. The highest BCUT2D eigenvalue weighted by Gasteiger charge is 2.48. The number of benzene rings is 2. The molecule has 1 aliphatic heterocycles. The standard InChI is InChI=1S/C33H32N4O5S/c1-4-6-9-17-42-22-12-10-11-21(18-22)29-27(30(38)28-20(3)34-26-13-7-8-16-36(26)28)31(39)32(40)37(29)33-35-24-15-14-23(41-5-2)19-25(24)43-33/h7-8,10-16,18-19,29,38H,4-6,9,17H2,1-3H3. The molecular formula is C33H32N4O5S. The minimum Gasteiger partial charge on any atom is -0.505 e. The molecule has 1 unspecified atom stereocenters. The number of aryl methyl sites for hydroxylation is 1. The molecule has 43 heavy (non-hydrogen) atoms. The van der Waals surface area contributed by atoms with Gasteiger partial charge in [-0.3, -0.25) is 18.9 Å². The summed E-state index contributed by atoms with van der Waals surface area (Å²) in [5.41, 5.74) is 2.77. The highest BCUT2D eigenvalue weighted by molar-refractivity contribution is 7.22. The van der Waals surface area contributed by atoms with E-state index in [1.54, 1.807) is 17.5 Å². The van der Waals surface area contributed by atoms with Crippen LogP contribution in [0.2, 0.25) is 0 Å². The van der Waals surface area contributed by atoms with Crippen LogP contribution >= 0.6 is 11.3 Å². The summed E-state index contributed by atoms with van der Waals surface area (Å²) in [6, 6.07) is 17.4. The van der Waals surface area contributed by atoms with Crippen molar-refractivity contribution in [2.24, 2.45) is 0 Å². The number of unbranched alkanes of at least 4 members (excludes halogenated alkanes) is 2. The van der Waals surface area contributed by atoms with E-state index < -0.39 is 17.7 Å². The number of thiazole rings is 1. The van der Waals surface area contributed by atoms with Gasteiger partial charge in [-0.15, -0.1) is 0 Å². The molecule has 4 heterocycles. The van der Waals surface area contributed by atoms with Crippen molar-refractivity contribution in [2.45, 2.75) is 46.1 Å². The number of carbonyl (C=O) groups excluding carboxylic acids is 2. The van der Waals surface area contributed by atoms with Crippen LogP contribution < -0.4 is 14.4 Å². The van der Waals surface area contributed by atoms with Crippen LogP contribution in [0.4, 0.5) is 5.13 Å². The number of aromatic nitrogens is 3. The zero-order chi connectivity index (χ0) is 30.1. The van der Waals surface area contributed by atoms with E-state index in [9.17, 15) is 14.7 Å². The van der Waals surface area contributed by atoms with Gasteiger partial charge in [-0.05, 0) is 68.3 Å². The maximum atomic E-state index is 13.8. The topological polar surface area (TPSA) is 106 Å². The van der Waals surface area contributed by atoms with E-state index in [0.29, 0.717) is 58.0 Å². The zero-order valence-corrected chi connectivity index (χ0v) is 25.1. The largest absolute Gasteiger partial charge is 0.505 e. The maximum absolute atomic E-state index is 13.8. The van der Waals surface area contributed by atoms with Gasteiger partial charge in [0.2, 0.25) is 0 Å². The van der Waals surface area contributed by atoms with Crippen LogP contribution in [0.1, 0.15) is 56.1 Å². The van der Waals surface area contributed by atoms with Crippen LogP contribution in [0.3, 0.4) is 0 Å². The molecule has 10 heteroatoms. The lowest BCUT2D eigenvalue weighted by atomic mass is 9.96. The average molecular weight is 597 g/mol. The third kappa shape index (κ3) is 5.23. The van der Waals surface area contributed by atoms with E-state index in [1.165, 1.54) is 16.2 Å². The molecule has 9 nitrogen and oxygen atoms in total. The number of pyridine rings is 1. The fourth-order valence-corrected chi connectivity index (χ4v) is 6.46. The summed E-state index contributed by atoms with van der Waals surface area (Å²) in [7, 11) is 0. The number of amides is 1. The Balaban J connectivity index is 1.51. The van der Waals surface area contributed by atoms with Crippen molar-refractivity contribution in [3.63, 3.8) is 0 Å². The molecule has 1 fully saturated rings. The molecule has 1 saturated heterocycles. The molecule has 0 aliphatic carbocycles. The molecular weight excluding hydrogens is 564 g/mol. The molecule has 2 aromatic carbocycles. The fourth-order valence-electron chi connectivity index (χ4n) is 5.44. The first-order chi connectivity index (χ1) is 20.9. The highest BCUT2D eigenvalue weighted by atomic mass is 32.1. The molecule has 1 aliphatic rings. The van der Waals surface area contributed by atoms with Crippen molar-refractivity contribution < 1.29 is 24.2 Å². The van der Waals surface area contributed by atoms with E-state index >= 15 is 0 Å². The Morgan fingerprint density at radius 2 is 1.81 bits per heavy atom. The first kappa shape index (κ1) is 28.4. The minimum absolute atomic E-state index is 0.0313. The Morgan fingerprint density at radius 3 is 2.63 bits per heavy atom. The van der Waals surface area contributed by atoms with Gasteiger partial charge < -0.3 is 14.6 Å². The number of nitrogens with zero attached hydrogens (tertiary/aromatic N) is 4. The molecule has 6 rings (SSSR count). The number of ether oxygens (including phenoxy) is 2. The first-order valence-electron chi connectivity index (χ1n) is 14.4. The van der Waals surface area contributed by atoms with Crippen molar-refractivity contribution in [3.05, 3.63) is 89.4 Å². The Labute approximate surface area is 253 Å². The van der Waals surface area contributed by atoms with E-state index in [2.05, 4.69) is 11.9 Å². The number of imidazole rings is 1. The average Bonchev–Trinajstić information content (AvgIpc) is 3.65. The predicted molar refractivity (Wildman–Crippen MR) is 167 cm³/mol. The summed E-state index contributed by atoms with van der Waals surface area (Å²) in [6.45, 7) is 6.88. The van der Waals surface area contributed by atoms with Crippen molar-refractivity contribution in [2.75, 3.05) is 18.1 Å². The fraction of sp³-hybridized carbons (Fsp3) is 0.273. The lowest BCUT2D eigenvalue weighted by Crippen LogP contribution is -2.29. The molecule has 1 amide bonds. The van der Waals surface area contributed by atoms with Gasteiger partial charge in [-0.2, -0.15) is 0 Å². The molecule has 0 saturated carbocycles. The zero-order valence-electron chi connectivity index (χ0n) is 24.2. The third-order valence-corrected chi connectivity index (χ3v) is 8.45. The highest BCUT2D eigenvalue weighted by Crippen LogP contribution is 2.45. The van der Waals surface area contributed by atoms with E-state index in [1.807, 2.05) is 67.6 Å². The number of rotatable bonds is 10. The Hall–Kier alpha value is -4.70. The van der Waals surface area contributed by atoms with Gasteiger partial charge in [0.25, 0.3) is 5.78 Å². The first-order valence-corrected chi connectivity index (χ1v) is 15.2. The summed E-state index contributed by atoms with van der Waals surface area (Å²) in [5, 5.41) is 12.2. The molecule has 1 atom stereocenters. The normalized spacial score (nSPS) is 16.4. The van der Waals surface area contributed by atoms with Gasteiger partial charge in [0.15, 0.2) is 10.9 Å². The Morgan fingerprint density at radius 1 is 0.977 bits per heavy atom. The summed E-state index contributed by atoms with van der Waals surface area (Å²) in [4.78, 5) is 38.3. The van der Waals surface area contributed by atoms with Crippen LogP contribution in [0.5, 0.6) is 11.5 Å². The molecule has 0 spiro atoms. The smallest absolute Gasteiger partial charge is 0.301 e. The van der Waals surface area contributed by atoms with Crippen LogP contribution in [-0.4, -0.2) is 44.4 Å². The maximum Gasteiger partial charge on any atom is 0.301 e. The van der Waals surface area contributed by atoms with Gasteiger partial charge in [0, 0.05) is 6.20 Å². The summed E-state index contributed by atoms with van der Waals surface area (Å²) in [6.07, 6.45) is 4.82. The second-order valence-electron chi connectivity index (χ2n) is 10.3. The number of Topliss-reactive ketones (excluding diaryl/α,β-unsaturated/α-hetero) is 1. The van der Waals surface area contributed by atoms with Crippen molar-refractivity contribution in [1.82, 2.24) is 14.4 Å². The van der Waals surface area contributed by atoms with Crippen LogP contribution in [0.15, 0.2) is 72.4 Å². The van der Waals surface area contributed by atoms with Crippen LogP contribution in [-0.2, 0) is 9.59 Å². The molecule has 220 valence electrons. The van der Waals surface area contributed by atoms with Crippen molar-refractivity contribution in [1.29, 1.82) is 0 Å². The van der Waals surface area contributed by atoms with E-state index in [4.69, 9.17) is 14.5 Å². The van der Waals surface area contributed by atoms with Gasteiger partial charge >= 0.3 is 5.91 Å². The van der Waals surface area contributed by atoms with Crippen LogP contribution in [0, 0.1) is 6.92 Å². The number of ketones is 1. The second-order valence-corrected chi connectivity index (χ2v) is 11.3. The number of hydrogen-bond donors (Lipinski definition) is 1. The van der Waals surface area contributed by atoms with Crippen LogP contribution in [0.25, 0.3) is 21.6 Å². The lowest BCUT2D eigenvalue weighted by Gasteiger charge is -2.23. The number of hydrogen-bond acceptors (Lipinski definition) is 8. The number of aliphatic hydroxyl groups excluding tert-OH is 1. The van der Waals surface area contributed by atoms with Crippen molar-refractivity contribution in [3.8, 4) is 11.5 Å².